The first-order valence-electron chi connectivity index (χ1n) is 6.37. The summed E-state index contributed by atoms with van der Waals surface area (Å²) in [5.74, 6) is -0.371. The molecule has 0 unspecified atom stereocenters. The summed E-state index contributed by atoms with van der Waals surface area (Å²) in [6.07, 6.45) is 1.11. The average Bonchev–Trinajstić information content (AvgIpc) is 2.49. The van der Waals surface area contributed by atoms with Gasteiger partial charge in [0.25, 0.3) is 0 Å². The smallest absolute Gasteiger partial charge is 0.339 e. The van der Waals surface area contributed by atoms with Crippen LogP contribution in [0.25, 0.3) is 0 Å². The third kappa shape index (κ3) is 4.62. The van der Waals surface area contributed by atoms with Gasteiger partial charge in [0, 0.05) is 11.6 Å². The van der Waals surface area contributed by atoms with Crippen LogP contribution in [0.2, 0.25) is 0 Å². The van der Waals surface area contributed by atoms with Gasteiger partial charge in [0.05, 0.1) is 0 Å². The maximum Gasteiger partial charge on any atom is 0.339 e. The van der Waals surface area contributed by atoms with Crippen molar-refractivity contribution in [3.63, 3.8) is 0 Å². The minimum Gasteiger partial charge on any atom is -0.423 e. The third-order valence-corrected chi connectivity index (χ3v) is 2.57. The highest BCUT2D eigenvalue weighted by Gasteiger charge is 2.10. The average molecular weight is 282 g/mol. The SMILES string of the molecule is C/C(=C/C(=O)Oc1ccccc1)C(=O)Oc1ccccc1. The van der Waals surface area contributed by atoms with Crippen LogP contribution in [-0.4, -0.2) is 11.9 Å². The van der Waals surface area contributed by atoms with E-state index in [4.69, 9.17) is 9.47 Å². The summed E-state index contributed by atoms with van der Waals surface area (Å²) >= 11 is 0. The summed E-state index contributed by atoms with van der Waals surface area (Å²) in [5, 5.41) is 0. The van der Waals surface area contributed by atoms with Crippen LogP contribution < -0.4 is 9.47 Å². The molecule has 0 radical (unpaired) electrons. The van der Waals surface area contributed by atoms with Crippen LogP contribution in [0.5, 0.6) is 11.5 Å². The Morgan fingerprint density at radius 3 is 1.81 bits per heavy atom. The fraction of sp³-hybridized carbons (Fsp3) is 0.0588. The summed E-state index contributed by atoms with van der Waals surface area (Å²) in [6.45, 7) is 1.50. The highest BCUT2D eigenvalue weighted by atomic mass is 16.5. The molecule has 0 spiro atoms. The molecule has 106 valence electrons. The van der Waals surface area contributed by atoms with Gasteiger partial charge < -0.3 is 9.47 Å². The van der Waals surface area contributed by atoms with Crippen LogP contribution >= 0.6 is 0 Å². The van der Waals surface area contributed by atoms with Crippen molar-refractivity contribution in [3.05, 3.63) is 72.3 Å². The van der Waals surface area contributed by atoms with Crippen LogP contribution in [0, 0.1) is 0 Å². The quantitative estimate of drug-likeness (QED) is 0.491. The monoisotopic (exact) mass is 282 g/mol. The lowest BCUT2D eigenvalue weighted by atomic mass is 10.3. The second-order valence-corrected chi connectivity index (χ2v) is 4.26. The van der Waals surface area contributed by atoms with Crippen LogP contribution in [-0.2, 0) is 9.59 Å². The Morgan fingerprint density at radius 2 is 1.29 bits per heavy atom. The Kier molecular flexibility index (Phi) is 4.88. The molecule has 0 aliphatic carbocycles. The predicted molar refractivity (Wildman–Crippen MR) is 77.9 cm³/mol. The van der Waals surface area contributed by atoms with Crippen molar-refractivity contribution < 1.29 is 19.1 Å². The van der Waals surface area contributed by atoms with Crippen molar-refractivity contribution in [2.24, 2.45) is 0 Å². The summed E-state index contributed by atoms with van der Waals surface area (Å²) in [7, 11) is 0. The van der Waals surface area contributed by atoms with E-state index in [2.05, 4.69) is 0 Å². The number of hydrogen-bond acceptors (Lipinski definition) is 4. The number of ether oxygens (including phenoxy) is 2. The number of hydrogen-bond donors (Lipinski definition) is 0. The van der Waals surface area contributed by atoms with Gasteiger partial charge in [0.2, 0.25) is 0 Å². The Bertz CT molecular complexity index is 645. The molecule has 0 bridgehead atoms. The van der Waals surface area contributed by atoms with E-state index in [-0.39, 0.29) is 5.57 Å². The van der Waals surface area contributed by atoms with Crippen molar-refractivity contribution in [1.29, 1.82) is 0 Å². The molecule has 0 aliphatic heterocycles. The van der Waals surface area contributed by atoms with E-state index in [1.807, 2.05) is 12.1 Å². The molecule has 0 N–H and O–H groups in total. The number of carbonyl (C=O) groups is 2. The first-order chi connectivity index (χ1) is 10.1. The number of esters is 2. The molecule has 0 aromatic heterocycles. The second-order valence-electron chi connectivity index (χ2n) is 4.26. The van der Waals surface area contributed by atoms with Crippen molar-refractivity contribution in [3.8, 4) is 11.5 Å². The van der Waals surface area contributed by atoms with Crippen molar-refractivity contribution in [2.45, 2.75) is 6.92 Å². The van der Waals surface area contributed by atoms with Crippen LogP contribution in [0.15, 0.2) is 72.3 Å². The van der Waals surface area contributed by atoms with E-state index in [0.717, 1.165) is 6.08 Å². The molecule has 0 heterocycles. The summed E-state index contributed by atoms with van der Waals surface area (Å²) in [4.78, 5) is 23.5. The molecular weight excluding hydrogens is 268 g/mol. The lowest BCUT2D eigenvalue weighted by Crippen LogP contribution is -2.12. The zero-order chi connectivity index (χ0) is 15.1. The van der Waals surface area contributed by atoms with Crippen molar-refractivity contribution >= 4 is 11.9 Å². The van der Waals surface area contributed by atoms with E-state index in [1.165, 1.54) is 6.92 Å². The van der Waals surface area contributed by atoms with Crippen LogP contribution in [0.4, 0.5) is 0 Å². The number of rotatable bonds is 4. The van der Waals surface area contributed by atoms with E-state index >= 15 is 0 Å². The molecule has 0 saturated heterocycles. The van der Waals surface area contributed by atoms with Crippen LogP contribution in [0.3, 0.4) is 0 Å². The zero-order valence-corrected chi connectivity index (χ0v) is 11.5. The molecular formula is C17H14O4. The van der Waals surface area contributed by atoms with E-state index in [0.29, 0.717) is 11.5 Å². The highest BCUT2D eigenvalue weighted by molar-refractivity contribution is 5.97. The standard InChI is InChI=1S/C17H14O4/c1-13(17(19)21-15-10-6-3-7-11-15)12-16(18)20-14-8-4-2-5-9-14/h2-12H,1H3/b13-12-. The molecule has 4 nitrogen and oxygen atoms in total. The molecule has 4 heteroatoms. The Hall–Kier alpha value is -2.88. The molecule has 0 saturated carbocycles. The van der Waals surface area contributed by atoms with Gasteiger partial charge in [-0.15, -0.1) is 0 Å². The van der Waals surface area contributed by atoms with Crippen molar-refractivity contribution in [2.75, 3.05) is 0 Å². The van der Waals surface area contributed by atoms with Gasteiger partial charge in [0.15, 0.2) is 0 Å². The molecule has 0 aliphatic rings. The fourth-order valence-electron chi connectivity index (χ4n) is 1.55. The van der Waals surface area contributed by atoms with Crippen LogP contribution in [0.1, 0.15) is 6.92 Å². The minimum atomic E-state index is -0.622. The topological polar surface area (TPSA) is 52.6 Å². The minimum absolute atomic E-state index is 0.166. The first-order valence-corrected chi connectivity index (χ1v) is 6.37. The van der Waals surface area contributed by atoms with Gasteiger partial charge in [-0.2, -0.15) is 0 Å². The zero-order valence-electron chi connectivity index (χ0n) is 11.5. The molecule has 0 amide bonds. The Balaban J connectivity index is 1.96. The Morgan fingerprint density at radius 1 is 0.810 bits per heavy atom. The van der Waals surface area contributed by atoms with E-state index in [9.17, 15) is 9.59 Å². The largest absolute Gasteiger partial charge is 0.423 e. The number of benzene rings is 2. The number of para-hydroxylation sites is 2. The van der Waals surface area contributed by atoms with Gasteiger partial charge in [-0.3, -0.25) is 0 Å². The van der Waals surface area contributed by atoms with Crippen molar-refractivity contribution in [1.82, 2.24) is 0 Å². The van der Waals surface area contributed by atoms with Gasteiger partial charge in [-0.05, 0) is 31.2 Å². The van der Waals surface area contributed by atoms with Gasteiger partial charge in [0.1, 0.15) is 11.5 Å². The molecule has 0 fully saturated rings. The van der Waals surface area contributed by atoms with Gasteiger partial charge in [-0.1, -0.05) is 36.4 Å². The summed E-state index contributed by atoms with van der Waals surface area (Å²) < 4.78 is 10.2. The van der Waals surface area contributed by atoms with Gasteiger partial charge >= 0.3 is 11.9 Å². The summed E-state index contributed by atoms with van der Waals surface area (Å²) in [6, 6.07) is 17.3. The Labute approximate surface area is 122 Å². The predicted octanol–water partition coefficient (Wildman–Crippen LogP) is 3.14. The maximum absolute atomic E-state index is 11.8. The third-order valence-electron chi connectivity index (χ3n) is 2.57. The molecule has 2 aromatic rings. The molecule has 0 atom stereocenters. The van der Waals surface area contributed by atoms with E-state index in [1.54, 1.807) is 48.5 Å². The molecule has 2 rings (SSSR count). The highest BCUT2D eigenvalue weighted by Crippen LogP contribution is 2.12. The fourth-order valence-corrected chi connectivity index (χ4v) is 1.55. The molecule has 2 aromatic carbocycles. The van der Waals surface area contributed by atoms with Gasteiger partial charge in [-0.25, -0.2) is 9.59 Å². The van der Waals surface area contributed by atoms with E-state index < -0.39 is 11.9 Å². The first kappa shape index (κ1) is 14.5. The second kappa shape index (κ2) is 7.05. The summed E-state index contributed by atoms with van der Waals surface area (Å²) in [5.41, 5.74) is 0.166. The normalized spacial score (nSPS) is 10.8. The lowest BCUT2D eigenvalue weighted by molar-refractivity contribution is -0.132. The molecule has 21 heavy (non-hydrogen) atoms. The maximum atomic E-state index is 11.8. The number of carbonyl (C=O) groups excluding carboxylic acids is 2. The lowest BCUT2D eigenvalue weighted by Gasteiger charge is -2.04.